The van der Waals surface area contributed by atoms with Gasteiger partial charge in [0.05, 0.1) is 6.04 Å². The van der Waals surface area contributed by atoms with Crippen molar-refractivity contribution in [2.75, 3.05) is 0 Å². The van der Waals surface area contributed by atoms with Gasteiger partial charge in [-0.3, -0.25) is 4.68 Å². The van der Waals surface area contributed by atoms with Crippen LogP contribution in [0.2, 0.25) is 0 Å². The van der Waals surface area contributed by atoms with Gasteiger partial charge in [0.2, 0.25) is 0 Å². The molecule has 1 aromatic heterocycles. The van der Waals surface area contributed by atoms with Crippen LogP contribution in [0.15, 0.2) is 24.3 Å². The molecule has 0 spiro atoms. The molecule has 5 heteroatoms. The summed E-state index contributed by atoms with van der Waals surface area (Å²) in [6.45, 7) is 1.84. The van der Waals surface area contributed by atoms with Gasteiger partial charge in [0, 0.05) is 7.05 Å². The lowest BCUT2D eigenvalue weighted by Crippen LogP contribution is -2.18. The summed E-state index contributed by atoms with van der Waals surface area (Å²) in [6.07, 6.45) is 0.673. The van der Waals surface area contributed by atoms with Gasteiger partial charge < -0.3 is 10.8 Å². The molecule has 2 aromatic rings. The van der Waals surface area contributed by atoms with E-state index in [2.05, 4.69) is 10.1 Å². The molecule has 1 atom stereocenters. The molecule has 5 nitrogen and oxygen atoms in total. The lowest BCUT2D eigenvalue weighted by atomic mass is 10.1. The zero-order valence-corrected chi connectivity index (χ0v) is 9.96. The van der Waals surface area contributed by atoms with Crippen molar-refractivity contribution in [2.45, 2.75) is 19.4 Å². The van der Waals surface area contributed by atoms with Crippen molar-refractivity contribution in [3.8, 4) is 5.75 Å². The van der Waals surface area contributed by atoms with Gasteiger partial charge in [-0.05, 0) is 31.0 Å². The molecule has 0 bridgehead atoms. The third-order valence-corrected chi connectivity index (χ3v) is 2.63. The molecule has 3 N–H and O–H groups in total. The summed E-state index contributed by atoms with van der Waals surface area (Å²) < 4.78 is 1.71. The third-order valence-electron chi connectivity index (χ3n) is 2.63. The Hall–Kier alpha value is -1.88. The molecule has 2 rings (SSSR count). The van der Waals surface area contributed by atoms with E-state index in [0.717, 1.165) is 17.2 Å². The molecule has 0 saturated heterocycles. The van der Waals surface area contributed by atoms with Gasteiger partial charge in [0.15, 0.2) is 0 Å². The highest BCUT2D eigenvalue weighted by Crippen LogP contribution is 2.16. The van der Waals surface area contributed by atoms with E-state index in [1.807, 2.05) is 26.1 Å². The SMILES string of the molecule is Cc1nc(C(N)Cc2ccc(O)cc2)n(C)n1. The number of rotatable bonds is 3. The van der Waals surface area contributed by atoms with E-state index >= 15 is 0 Å². The topological polar surface area (TPSA) is 77.0 Å². The van der Waals surface area contributed by atoms with Crippen LogP contribution >= 0.6 is 0 Å². The number of benzene rings is 1. The zero-order chi connectivity index (χ0) is 12.4. The van der Waals surface area contributed by atoms with Crippen LogP contribution < -0.4 is 5.73 Å². The van der Waals surface area contributed by atoms with Crippen molar-refractivity contribution in [3.05, 3.63) is 41.5 Å². The molecule has 0 aliphatic rings. The van der Waals surface area contributed by atoms with Crippen LogP contribution in [0.3, 0.4) is 0 Å². The highest BCUT2D eigenvalue weighted by molar-refractivity contribution is 5.26. The van der Waals surface area contributed by atoms with Crippen molar-refractivity contribution >= 4 is 0 Å². The second-order valence-electron chi connectivity index (χ2n) is 4.12. The lowest BCUT2D eigenvalue weighted by Gasteiger charge is -2.10. The van der Waals surface area contributed by atoms with Gasteiger partial charge in [0.25, 0.3) is 0 Å². The number of aryl methyl sites for hydroxylation is 2. The minimum Gasteiger partial charge on any atom is -0.508 e. The first kappa shape index (κ1) is 11.6. The molecular formula is C12H16N4O. The normalized spacial score (nSPS) is 12.6. The van der Waals surface area contributed by atoms with E-state index in [0.29, 0.717) is 6.42 Å². The van der Waals surface area contributed by atoms with E-state index in [9.17, 15) is 5.11 Å². The van der Waals surface area contributed by atoms with E-state index in [1.54, 1.807) is 16.8 Å². The fourth-order valence-electron chi connectivity index (χ4n) is 1.83. The summed E-state index contributed by atoms with van der Waals surface area (Å²) in [6, 6.07) is 6.84. The fraction of sp³-hybridized carbons (Fsp3) is 0.333. The molecule has 1 unspecified atom stereocenters. The maximum absolute atomic E-state index is 9.20. The van der Waals surface area contributed by atoms with Gasteiger partial charge in [-0.15, -0.1) is 0 Å². The van der Waals surface area contributed by atoms with Gasteiger partial charge in [-0.2, -0.15) is 5.10 Å². The predicted octanol–water partition coefficient (Wildman–Crippen LogP) is 1.07. The molecule has 0 aliphatic heterocycles. The van der Waals surface area contributed by atoms with Crippen LogP contribution in [0.5, 0.6) is 5.75 Å². The first-order chi connectivity index (χ1) is 8.06. The Morgan fingerprint density at radius 1 is 1.35 bits per heavy atom. The average Bonchev–Trinajstić information content (AvgIpc) is 2.61. The number of aromatic nitrogens is 3. The van der Waals surface area contributed by atoms with Gasteiger partial charge >= 0.3 is 0 Å². The first-order valence-corrected chi connectivity index (χ1v) is 5.47. The van der Waals surface area contributed by atoms with Crippen molar-refractivity contribution < 1.29 is 5.11 Å². The van der Waals surface area contributed by atoms with Crippen LogP contribution in [0.1, 0.15) is 23.3 Å². The zero-order valence-electron chi connectivity index (χ0n) is 9.96. The second-order valence-corrected chi connectivity index (χ2v) is 4.12. The van der Waals surface area contributed by atoms with Crippen molar-refractivity contribution in [1.29, 1.82) is 0 Å². The molecule has 1 aromatic carbocycles. The Morgan fingerprint density at radius 3 is 2.53 bits per heavy atom. The number of nitrogens with zero attached hydrogens (tertiary/aromatic N) is 3. The molecule has 0 fully saturated rings. The Morgan fingerprint density at radius 2 is 2.00 bits per heavy atom. The van der Waals surface area contributed by atoms with Crippen molar-refractivity contribution in [1.82, 2.24) is 14.8 Å². The molecule has 0 aliphatic carbocycles. The molecule has 0 radical (unpaired) electrons. The molecule has 90 valence electrons. The maximum atomic E-state index is 9.20. The molecule has 0 saturated carbocycles. The molecule has 1 heterocycles. The van der Waals surface area contributed by atoms with Gasteiger partial charge in [-0.25, -0.2) is 4.98 Å². The predicted molar refractivity (Wildman–Crippen MR) is 64.5 cm³/mol. The highest BCUT2D eigenvalue weighted by atomic mass is 16.3. The van der Waals surface area contributed by atoms with Crippen molar-refractivity contribution in [2.24, 2.45) is 12.8 Å². The van der Waals surface area contributed by atoms with E-state index < -0.39 is 0 Å². The van der Waals surface area contributed by atoms with E-state index in [4.69, 9.17) is 5.73 Å². The molecular weight excluding hydrogens is 216 g/mol. The molecule has 0 amide bonds. The van der Waals surface area contributed by atoms with Crippen LogP contribution in [0.25, 0.3) is 0 Å². The smallest absolute Gasteiger partial charge is 0.147 e. The van der Waals surface area contributed by atoms with Crippen LogP contribution in [0.4, 0.5) is 0 Å². The minimum absolute atomic E-state index is 0.189. The van der Waals surface area contributed by atoms with Gasteiger partial charge in [0.1, 0.15) is 17.4 Å². The maximum Gasteiger partial charge on any atom is 0.147 e. The standard InChI is InChI=1S/C12H16N4O/c1-8-14-12(16(2)15-8)11(13)7-9-3-5-10(17)6-4-9/h3-6,11,17H,7,13H2,1-2H3. The van der Waals surface area contributed by atoms with Crippen molar-refractivity contribution in [3.63, 3.8) is 0 Å². The minimum atomic E-state index is -0.189. The summed E-state index contributed by atoms with van der Waals surface area (Å²) in [5.41, 5.74) is 7.16. The summed E-state index contributed by atoms with van der Waals surface area (Å²) in [5.74, 6) is 1.76. The van der Waals surface area contributed by atoms with Gasteiger partial charge in [-0.1, -0.05) is 12.1 Å². The second kappa shape index (κ2) is 4.55. The van der Waals surface area contributed by atoms with E-state index in [1.165, 1.54) is 0 Å². The first-order valence-electron chi connectivity index (χ1n) is 5.47. The monoisotopic (exact) mass is 232 g/mol. The number of aromatic hydroxyl groups is 1. The largest absolute Gasteiger partial charge is 0.508 e. The number of phenols is 1. The number of phenolic OH excluding ortho intramolecular Hbond substituents is 1. The van der Waals surface area contributed by atoms with E-state index in [-0.39, 0.29) is 11.8 Å². The highest BCUT2D eigenvalue weighted by Gasteiger charge is 2.13. The average molecular weight is 232 g/mol. The van der Waals surface area contributed by atoms with Crippen LogP contribution in [-0.2, 0) is 13.5 Å². The lowest BCUT2D eigenvalue weighted by molar-refractivity contribution is 0.475. The summed E-state index contributed by atoms with van der Waals surface area (Å²) in [5, 5.41) is 13.4. The summed E-state index contributed by atoms with van der Waals surface area (Å²) >= 11 is 0. The van der Waals surface area contributed by atoms with Crippen LogP contribution in [0, 0.1) is 6.92 Å². The Labute approximate surface area is 99.9 Å². The number of hydrogen-bond acceptors (Lipinski definition) is 4. The number of hydrogen-bond donors (Lipinski definition) is 2. The molecule has 17 heavy (non-hydrogen) atoms. The van der Waals surface area contributed by atoms with Crippen LogP contribution in [-0.4, -0.2) is 19.9 Å². The number of nitrogens with two attached hydrogens (primary N) is 1. The third kappa shape index (κ3) is 2.62. The Bertz CT molecular complexity index is 504. The Kier molecular flexibility index (Phi) is 3.10. The quantitative estimate of drug-likeness (QED) is 0.830. The summed E-state index contributed by atoms with van der Waals surface area (Å²) in [7, 11) is 1.84. The summed E-state index contributed by atoms with van der Waals surface area (Å²) in [4.78, 5) is 4.30. The Balaban J connectivity index is 2.14. The fourth-order valence-corrected chi connectivity index (χ4v) is 1.83.